The van der Waals surface area contributed by atoms with E-state index < -0.39 is 0 Å². The van der Waals surface area contributed by atoms with Crippen LogP contribution in [0.2, 0.25) is 0 Å². The van der Waals surface area contributed by atoms with Crippen molar-refractivity contribution in [2.75, 3.05) is 0 Å². The van der Waals surface area contributed by atoms with Gasteiger partial charge in [0, 0.05) is 5.69 Å². The molecule has 0 bridgehead atoms. The Kier molecular flexibility index (Phi) is 8.01. The summed E-state index contributed by atoms with van der Waals surface area (Å²) in [5.74, 6) is 0.975. The van der Waals surface area contributed by atoms with Gasteiger partial charge in [0.05, 0.1) is 0 Å². The van der Waals surface area contributed by atoms with Crippen molar-refractivity contribution in [1.29, 1.82) is 0 Å². The van der Waals surface area contributed by atoms with Gasteiger partial charge in [-0.05, 0) is 38.0 Å². The molecule has 0 unspecified atom stereocenters. The zero-order chi connectivity index (χ0) is 14.1. The average molecular weight is 249 g/mol. The van der Waals surface area contributed by atoms with Crippen molar-refractivity contribution in [2.24, 2.45) is 0 Å². The van der Waals surface area contributed by atoms with E-state index in [1.165, 1.54) is 11.3 Å². The Morgan fingerprint density at radius 1 is 1.00 bits per heavy atom. The minimum atomic E-state index is 0.964. The number of hydrogen-bond acceptors (Lipinski definition) is 2. The van der Waals surface area contributed by atoms with E-state index in [1.807, 2.05) is 34.6 Å². The van der Waals surface area contributed by atoms with Crippen LogP contribution >= 0.6 is 0 Å². The average Bonchev–Trinajstić information content (AvgIpc) is 2.76. The number of aryl methyl sites for hydroxylation is 3. The van der Waals surface area contributed by atoms with Crippen LogP contribution in [-0.2, 0) is 6.42 Å². The molecule has 2 heterocycles. The minimum Gasteiger partial charge on any atom is -0.284 e. The maximum Gasteiger partial charge on any atom is 0.161 e. The molecule has 0 aliphatic rings. The molecule has 0 aromatic carbocycles. The van der Waals surface area contributed by atoms with Gasteiger partial charge in [-0.25, -0.2) is 0 Å². The van der Waals surface area contributed by atoms with E-state index in [0.717, 1.165) is 24.3 Å². The molecule has 0 aliphatic heterocycles. The SMILES string of the molecule is CC.CC.CCCc1cc(C)cc2nnc(C)n12. The Morgan fingerprint density at radius 3 is 2.17 bits per heavy atom. The second kappa shape index (κ2) is 8.67. The van der Waals surface area contributed by atoms with Crippen LogP contribution in [0.15, 0.2) is 12.1 Å². The van der Waals surface area contributed by atoms with E-state index >= 15 is 0 Å². The van der Waals surface area contributed by atoms with E-state index in [2.05, 4.69) is 40.6 Å². The third kappa shape index (κ3) is 3.83. The second-order valence-corrected chi connectivity index (χ2v) is 3.71. The lowest BCUT2D eigenvalue weighted by Gasteiger charge is -2.06. The summed E-state index contributed by atoms with van der Waals surface area (Å²) in [6, 6.07) is 4.28. The first-order valence-corrected chi connectivity index (χ1v) is 7.03. The van der Waals surface area contributed by atoms with Crippen LogP contribution < -0.4 is 0 Å². The molecule has 2 rings (SSSR count). The summed E-state index contributed by atoms with van der Waals surface area (Å²) in [5.41, 5.74) is 3.53. The van der Waals surface area contributed by atoms with Crippen LogP contribution in [0.4, 0.5) is 0 Å². The second-order valence-electron chi connectivity index (χ2n) is 3.71. The van der Waals surface area contributed by atoms with E-state index in [4.69, 9.17) is 0 Å². The molecular weight excluding hydrogens is 222 g/mol. The van der Waals surface area contributed by atoms with Crippen LogP contribution in [0.3, 0.4) is 0 Å². The molecule has 0 N–H and O–H groups in total. The number of pyridine rings is 1. The van der Waals surface area contributed by atoms with Crippen LogP contribution in [0.25, 0.3) is 5.65 Å². The van der Waals surface area contributed by atoms with Crippen LogP contribution in [-0.4, -0.2) is 14.6 Å². The standard InChI is InChI=1S/C11H15N3.2C2H6/c1-4-5-10-6-8(2)7-11-13-12-9(3)14(10)11;2*1-2/h6-7H,4-5H2,1-3H3;2*1-2H3. The summed E-state index contributed by atoms with van der Waals surface area (Å²) in [5, 5.41) is 8.23. The number of rotatable bonds is 2. The predicted molar refractivity (Wildman–Crippen MR) is 79.2 cm³/mol. The van der Waals surface area contributed by atoms with Gasteiger partial charge < -0.3 is 0 Å². The highest BCUT2D eigenvalue weighted by atomic mass is 15.2. The van der Waals surface area contributed by atoms with Gasteiger partial charge >= 0.3 is 0 Å². The Hall–Kier alpha value is -1.38. The maximum absolute atomic E-state index is 4.13. The van der Waals surface area contributed by atoms with Gasteiger partial charge in [-0.2, -0.15) is 0 Å². The number of aromatic nitrogens is 3. The van der Waals surface area contributed by atoms with Crippen molar-refractivity contribution in [2.45, 2.75) is 61.3 Å². The monoisotopic (exact) mass is 249 g/mol. The van der Waals surface area contributed by atoms with E-state index in [1.54, 1.807) is 0 Å². The zero-order valence-electron chi connectivity index (χ0n) is 12.9. The fourth-order valence-electron chi connectivity index (χ4n) is 1.84. The lowest BCUT2D eigenvalue weighted by molar-refractivity contribution is 0.840. The minimum absolute atomic E-state index is 0.964. The highest BCUT2D eigenvalue weighted by Gasteiger charge is 2.05. The molecule has 2 aromatic heterocycles. The van der Waals surface area contributed by atoms with Crippen molar-refractivity contribution in [3.05, 3.63) is 29.2 Å². The van der Waals surface area contributed by atoms with Gasteiger partial charge in [-0.3, -0.25) is 4.40 Å². The first-order chi connectivity index (χ1) is 8.72. The summed E-state index contributed by atoms with van der Waals surface area (Å²) in [4.78, 5) is 0. The van der Waals surface area contributed by atoms with Crippen LogP contribution in [0, 0.1) is 13.8 Å². The molecule has 0 saturated carbocycles. The van der Waals surface area contributed by atoms with E-state index in [0.29, 0.717) is 0 Å². The lowest BCUT2D eigenvalue weighted by atomic mass is 10.2. The first-order valence-electron chi connectivity index (χ1n) is 7.03. The molecule has 3 nitrogen and oxygen atoms in total. The Morgan fingerprint density at radius 2 is 1.61 bits per heavy atom. The molecule has 0 radical (unpaired) electrons. The molecule has 18 heavy (non-hydrogen) atoms. The number of nitrogens with zero attached hydrogens (tertiary/aromatic N) is 3. The van der Waals surface area contributed by atoms with E-state index in [9.17, 15) is 0 Å². The summed E-state index contributed by atoms with van der Waals surface area (Å²) >= 11 is 0. The van der Waals surface area contributed by atoms with Gasteiger partial charge in [-0.1, -0.05) is 41.0 Å². The van der Waals surface area contributed by atoms with Gasteiger partial charge in [0.2, 0.25) is 0 Å². The Bertz CT molecular complexity index is 458. The molecule has 0 atom stereocenters. The van der Waals surface area contributed by atoms with Crippen LogP contribution in [0.5, 0.6) is 0 Å². The predicted octanol–water partition coefficient (Wildman–Crippen LogP) is 4.35. The van der Waals surface area contributed by atoms with Crippen molar-refractivity contribution in [3.63, 3.8) is 0 Å². The number of fused-ring (bicyclic) bond motifs is 1. The third-order valence-corrected chi connectivity index (χ3v) is 2.39. The van der Waals surface area contributed by atoms with Gasteiger partial charge in [0.25, 0.3) is 0 Å². The van der Waals surface area contributed by atoms with Crippen molar-refractivity contribution in [3.8, 4) is 0 Å². The molecule has 2 aromatic rings. The van der Waals surface area contributed by atoms with Crippen molar-refractivity contribution in [1.82, 2.24) is 14.6 Å². The fraction of sp³-hybridized carbons (Fsp3) is 0.600. The number of hydrogen-bond donors (Lipinski definition) is 0. The quantitative estimate of drug-likeness (QED) is 0.792. The molecule has 3 heteroatoms. The smallest absolute Gasteiger partial charge is 0.161 e. The Labute approximate surface area is 111 Å². The molecule has 0 fully saturated rings. The van der Waals surface area contributed by atoms with Crippen molar-refractivity contribution < 1.29 is 0 Å². The van der Waals surface area contributed by atoms with Gasteiger partial charge in [-0.15, -0.1) is 10.2 Å². The largest absolute Gasteiger partial charge is 0.284 e. The fourth-order valence-corrected chi connectivity index (χ4v) is 1.84. The lowest BCUT2D eigenvalue weighted by Crippen LogP contribution is -1.99. The van der Waals surface area contributed by atoms with Gasteiger partial charge in [0.15, 0.2) is 5.65 Å². The first kappa shape index (κ1) is 16.6. The highest BCUT2D eigenvalue weighted by Crippen LogP contribution is 2.13. The molecule has 0 spiro atoms. The molecular formula is C15H27N3. The topological polar surface area (TPSA) is 30.2 Å². The summed E-state index contributed by atoms with van der Waals surface area (Å²) in [7, 11) is 0. The molecule has 0 saturated heterocycles. The van der Waals surface area contributed by atoms with E-state index in [-0.39, 0.29) is 0 Å². The molecule has 0 aliphatic carbocycles. The molecule has 0 amide bonds. The van der Waals surface area contributed by atoms with Gasteiger partial charge in [0.1, 0.15) is 5.82 Å². The Balaban J connectivity index is 0.000000659. The maximum atomic E-state index is 4.13. The molecule has 102 valence electrons. The van der Waals surface area contributed by atoms with Crippen molar-refractivity contribution >= 4 is 5.65 Å². The summed E-state index contributed by atoms with van der Waals surface area (Å²) < 4.78 is 2.14. The normalized spacial score (nSPS) is 9.28. The van der Waals surface area contributed by atoms with Crippen LogP contribution in [0.1, 0.15) is 58.1 Å². The highest BCUT2D eigenvalue weighted by molar-refractivity contribution is 5.43. The summed E-state index contributed by atoms with van der Waals surface area (Å²) in [6.45, 7) is 14.3. The zero-order valence-corrected chi connectivity index (χ0v) is 12.9. The third-order valence-electron chi connectivity index (χ3n) is 2.39. The summed E-state index contributed by atoms with van der Waals surface area (Å²) in [6.07, 6.45) is 2.23.